The number of non-ortho nitro benzene ring substituents is 1. The molecule has 8 heteroatoms. The van der Waals surface area contributed by atoms with Crippen LogP contribution in [0, 0.1) is 10.1 Å². The number of rotatable bonds is 8. The van der Waals surface area contributed by atoms with E-state index < -0.39 is 4.92 Å². The number of hydrogen-bond donors (Lipinski definition) is 0. The third-order valence-corrected chi connectivity index (χ3v) is 4.81. The molecule has 2 aromatic carbocycles. The normalized spacial score (nSPS) is 13.6. The molecule has 1 saturated carbocycles. The van der Waals surface area contributed by atoms with Gasteiger partial charge in [-0.05, 0) is 42.7 Å². The van der Waals surface area contributed by atoms with Crippen molar-refractivity contribution < 1.29 is 9.66 Å². The van der Waals surface area contributed by atoms with Gasteiger partial charge in [-0.3, -0.25) is 15.0 Å². The summed E-state index contributed by atoms with van der Waals surface area (Å²) < 4.78 is 7.04. The fraction of sp³-hybridized carbons (Fsp3) is 0.300. The van der Waals surface area contributed by atoms with E-state index in [0.29, 0.717) is 18.5 Å². The predicted molar refractivity (Wildman–Crippen MR) is 104 cm³/mol. The SMILES string of the molecule is COc1ccc(CN(Cn2cnc(-c3ccc([N+](=O)[O-])cc3)n2)C2CC2)cc1. The fourth-order valence-corrected chi connectivity index (χ4v) is 3.11. The molecular formula is C20H21N5O3. The second-order valence-corrected chi connectivity index (χ2v) is 6.88. The van der Waals surface area contributed by atoms with Crippen molar-refractivity contribution >= 4 is 5.69 Å². The van der Waals surface area contributed by atoms with Gasteiger partial charge in [-0.15, -0.1) is 5.10 Å². The summed E-state index contributed by atoms with van der Waals surface area (Å²) >= 11 is 0. The van der Waals surface area contributed by atoms with Crippen LogP contribution in [0.3, 0.4) is 0 Å². The van der Waals surface area contributed by atoms with Crippen molar-refractivity contribution in [3.05, 3.63) is 70.5 Å². The van der Waals surface area contributed by atoms with Gasteiger partial charge in [0.2, 0.25) is 0 Å². The lowest BCUT2D eigenvalue weighted by Gasteiger charge is -2.21. The van der Waals surface area contributed by atoms with E-state index in [4.69, 9.17) is 4.74 Å². The minimum absolute atomic E-state index is 0.0579. The summed E-state index contributed by atoms with van der Waals surface area (Å²) in [6.07, 6.45) is 4.10. The number of methoxy groups -OCH3 is 1. The highest BCUT2D eigenvalue weighted by molar-refractivity contribution is 5.56. The Kier molecular flexibility index (Phi) is 5.03. The summed E-state index contributed by atoms with van der Waals surface area (Å²) in [5.41, 5.74) is 2.04. The first-order chi connectivity index (χ1) is 13.6. The Morgan fingerprint density at radius 1 is 1.18 bits per heavy atom. The Morgan fingerprint density at radius 2 is 1.89 bits per heavy atom. The minimum atomic E-state index is -0.414. The lowest BCUT2D eigenvalue weighted by molar-refractivity contribution is -0.384. The van der Waals surface area contributed by atoms with Crippen LogP contribution in [0.15, 0.2) is 54.9 Å². The summed E-state index contributed by atoms with van der Waals surface area (Å²) in [7, 11) is 1.67. The fourth-order valence-electron chi connectivity index (χ4n) is 3.11. The highest BCUT2D eigenvalue weighted by Gasteiger charge is 2.29. The second kappa shape index (κ2) is 7.77. The van der Waals surface area contributed by atoms with Gasteiger partial charge in [0.05, 0.1) is 18.7 Å². The van der Waals surface area contributed by atoms with Gasteiger partial charge in [0, 0.05) is 30.3 Å². The molecule has 0 amide bonds. The summed E-state index contributed by atoms with van der Waals surface area (Å²) in [6.45, 7) is 1.48. The highest BCUT2D eigenvalue weighted by atomic mass is 16.6. The van der Waals surface area contributed by atoms with Gasteiger partial charge >= 0.3 is 0 Å². The van der Waals surface area contributed by atoms with Crippen molar-refractivity contribution in [2.45, 2.75) is 32.1 Å². The lowest BCUT2D eigenvalue weighted by atomic mass is 10.2. The molecule has 1 aliphatic carbocycles. The topological polar surface area (TPSA) is 86.3 Å². The van der Waals surface area contributed by atoms with Crippen LogP contribution in [-0.4, -0.2) is 37.7 Å². The Morgan fingerprint density at radius 3 is 2.50 bits per heavy atom. The highest BCUT2D eigenvalue weighted by Crippen LogP contribution is 2.29. The number of hydrogen-bond acceptors (Lipinski definition) is 6. The average Bonchev–Trinajstić information content (AvgIpc) is 3.47. The molecule has 144 valence electrons. The number of nitrogens with zero attached hydrogens (tertiary/aromatic N) is 5. The minimum Gasteiger partial charge on any atom is -0.497 e. The van der Waals surface area contributed by atoms with Gasteiger partial charge < -0.3 is 4.74 Å². The first-order valence-electron chi connectivity index (χ1n) is 9.13. The zero-order chi connectivity index (χ0) is 19.5. The quantitative estimate of drug-likeness (QED) is 0.440. The van der Waals surface area contributed by atoms with Crippen molar-refractivity contribution in [2.24, 2.45) is 0 Å². The van der Waals surface area contributed by atoms with Crippen LogP contribution in [0.2, 0.25) is 0 Å². The third kappa shape index (κ3) is 4.17. The largest absolute Gasteiger partial charge is 0.497 e. The van der Waals surface area contributed by atoms with Crippen molar-refractivity contribution in [2.75, 3.05) is 7.11 Å². The lowest BCUT2D eigenvalue weighted by Crippen LogP contribution is -2.28. The van der Waals surface area contributed by atoms with Crippen LogP contribution >= 0.6 is 0 Å². The molecule has 0 radical (unpaired) electrons. The smallest absolute Gasteiger partial charge is 0.269 e. The molecule has 1 aliphatic rings. The maximum Gasteiger partial charge on any atom is 0.269 e. The van der Waals surface area contributed by atoms with Crippen LogP contribution in [0.1, 0.15) is 18.4 Å². The summed E-state index contributed by atoms with van der Waals surface area (Å²) in [4.78, 5) is 17.1. The maximum absolute atomic E-state index is 10.8. The molecule has 0 spiro atoms. The zero-order valence-electron chi connectivity index (χ0n) is 15.6. The second-order valence-electron chi connectivity index (χ2n) is 6.88. The van der Waals surface area contributed by atoms with Gasteiger partial charge in [-0.25, -0.2) is 9.67 Å². The van der Waals surface area contributed by atoms with Crippen LogP contribution in [0.4, 0.5) is 5.69 Å². The Hall–Kier alpha value is -3.26. The summed E-state index contributed by atoms with van der Waals surface area (Å²) in [5, 5.41) is 15.3. The molecule has 0 bridgehead atoms. The third-order valence-electron chi connectivity index (χ3n) is 4.81. The Labute approximate surface area is 162 Å². The van der Waals surface area contributed by atoms with E-state index in [2.05, 4.69) is 27.1 Å². The first kappa shape index (κ1) is 18.1. The Bertz CT molecular complexity index is 949. The molecular weight excluding hydrogens is 358 g/mol. The number of nitro benzene ring substituents is 1. The number of aromatic nitrogens is 3. The van der Waals surface area contributed by atoms with Crippen molar-refractivity contribution in [3.63, 3.8) is 0 Å². The van der Waals surface area contributed by atoms with Crippen molar-refractivity contribution in [3.8, 4) is 17.1 Å². The van der Waals surface area contributed by atoms with Gasteiger partial charge in [-0.1, -0.05) is 12.1 Å². The predicted octanol–water partition coefficient (Wildman–Crippen LogP) is 3.48. The molecule has 8 nitrogen and oxygen atoms in total. The number of nitro groups is 1. The molecule has 1 heterocycles. The zero-order valence-corrected chi connectivity index (χ0v) is 15.6. The van der Waals surface area contributed by atoms with E-state index in [1.165, 1.54) is 30.5 Å². The van der Waals surface area contributed by atoms with E-state index in [1.807, 2.05) is 16.8 Å². The van der Waals surface area contributed by atoms with Crippen LogP contribution in [0.25, 0.3) is 11.4 Å². The van der Waals surface area contributed by atoms with E-state index in [1.54, 1.807) is 25.6 Å². The van der Waals surface area contributed by atoms with E-state index >= 15 is 0 Å². The molecule has 0 atom stereocenters. The Balaban J connectivity index is 1.45. The molecule has 4 rings (SSSR count). The van der Waals surface area contributed by atoms with E-state index in [9.17, 15) is 10.1 Å². The monoisotopic (exact) mass is 379 g/mol. The standard InChI is InChI=1S/C20H21N5O3/c1-28-19-10-2-15(3-11-19)12-23(17-8-9-17)14-24-13-21-20(22-24)16-4-6-18(7-5-16)25(26)27/h2-7,10-11,13,17H,8-9,12,14H2,1H3. The summed E-state index contributed by atoms with van der Waals surface area (Å²) in [6, 6.07) is 15.0. The molecule has 0 N–H and O–H groups in total. The van der Waals surface area contributed by atoms with Crippen LogP contribution in [-0.2, 0) is 13.2 Å². The van der Waals surface area contributed by atoms with E-state index in [0.717, 1.165) is 17.9 Å². The summed E-state index contributed by atoms with van der Waals surface area (Å²) in [5.74, 6) is 1.42. The molecule has 0 aliphatic heterocycles. The molecule has 1 fully saturated rings. The van der Waals surface area contributed by atoms with Gasteiger partial charge in [-0.2, -0.15) is 0 Å². The van der Waals surface area contributed by atoms with Crippen LogP contribution in [0.5, 0.6) is 5.75 Å². The maximum atomic E-state index is 10.8. The number of benzene rings is 2. The van der Waals surface area contributed by atoms with Crippen molar-refractivity contribution in [1.82, 2.24) is 19.7 Å². The van der Waals surface area contributed by atoms with E-state index in [-0.39, 0.29) is 5.69 Å². The molecule has 3 aromatic rings. The van der Waals surface area contributed by atoms with Crippen molar-refractivity contribution in [1.29, 1.82) is 0 Å². The van der Waals surface area contributed by atoms with Crippen LogP contribution < -0.4 is 4.74 Å². The molecule has 28 heavy (non-hydrogen) atoms. The van der Waals surface area contributed by atoms with Gasteiger partial charge in [0.15, 0.2) is 5.82 Å². The van der Waals surface area contributed by atoms with Gasteiger partial charge in [0.25, 0.3) is 5.69 Å². The average molecular weight is 379 g/mol. The molecule has 0 unspecified atom stereocenters. The molecule has 0 saturated heterocycles. The number of ether oxygens (including phenoxy) is 1. The van der Waals surface area contributed by atoms with Gasteiger partial charge in [0.1, 0.15) is 12.1 Å². The molecule has 1 aromatic heterocycles. The first-order valence-corrected chi connectivity index (χ1v) is 9.13.